The summed E-state index contributed by atoms with van der Waals surface area (Å²) in [4.78, 5) is 12.3. The van der Waals surface area contributed by atoms with E-state index in [9.17, 15) is 13.6 Å². The van der Waals surface area contributed by atoms with E-state index >= 15 is 0 Å². The highest BCUT2D eigenvalue weighted by Gasteiger charge is 2.18. The van der Waals surface area contributed by atoms with Crippen LogP contribution in [0.5, 0.6) is 5.75 Å². The summed E-state index contributed by atoms with van der Waals surface area (Å²) in [7, 11) is 1.54. The SMILES string of the molecule is COc1cc(C)c(C(=O)c2cc(F)ccc2F)cc1C. The van der Waals surface area contributed by atoms with Crippen molar-refractivity contribution in [3.05, 3.63) is 64.2 Å². The van der Waals surface area contributed by atoms with E-state index in [0.29, 0.717) is 16.9 Å². The second kappa shape index (κ2) is 5.41. The zero-order valence-corrected chi connectivity index (χ0v) is 11.5. The third-order valence-corrected chi connectivity index (χ3v) is 3.16. The second-order valence-electron chi connectivity index (χ2n) is 4.59. The Labute approximate surface area is 116 Å². The number of benzene rings is 2. The lowest BCUT2D eigenvalue weighted by Crippen LogP contribution is -2.08. The van der Waals surface area contributed by atoms with E-state index in [0.717, 1.165) is 23.8 Å². The minimum atomic E-state index is -0.732. The molecular weight excluding hydrogens is 262 g/mol. The van der Waals surface area contributed by atoms with Gasteiger partial charge in [-0.3, -0.25) is 4.79 Å². The summed E-state index contributed by atoms with van der Waals surface area (Å²) in [5.41, 5.74) is 1.49. The van der Waals surface area contributed by atoms with Crippen LogP contribution in [0.2, 0.25) is 0 Å². The van der Waals surface area contributed by atoms with Crippen molar-refractivity contribution in [2.24, 2.45) is 0 Å². The largest absolute Gasteiger partial charge is 0.496 e. The topological polar surface area (TPSA) is 26.3 Å². The molecule has 0 saturated heterocycles. The highest BCUT2D eigenvalue weighted by atomic mass is 19.1. The van der Waals surface area contributed by atoms with E-state index in [1.807, 2.05) is 0 Å². The normalized spacial score (nSPS) is 10.4. The molecule has 2 rings (SSSR count). The van der Waals surface area contributed by atoms with Gasteiger partial charge in [0.2, 0.25) is 0 Å². The van der Waals surface area contributed by atoms with Crippen LogP contribution >= 0.6 is 0 Å². The first-order chi connectivity index (χ1) is 9.43. The van der Waals surface area contributed by atoms with Crippen molar-refractivity contribution in [1.82, 2.24) is 0 Å². The zero-order valence-electron chi connectivity index (χ0n) is 11.5. The van der Waals surface area contributed by atoms with Gasteiger partial charge in [-0.25, -0.2) is 8.78 Å². The summed E-state index contributed by atoms with van der Waals surface area (Å²) in [6.45, 7) is 3.52. The lowest BCUT2D eigenvalue weighted by Gasteiger charge is -2.11. The molecule has 0 heterocycles. The standard InChI is InChI=1S/C16H14F2O2/c1-9-7-15(20-3)10(2)6-12(9)16(19)13-8-11(17)4-5-14(13)18/h4-8H,1-3H3. The van der Waals surface area contributed by atoms with Crippen molar-refractivity contribution in [3.63, 3.8) is 0 Å². The second-order valence-corrected chi connectivity index (χ2v) is 4.59. The van der Waals surface area contributed by atoms with Crippen molar-refractivity contribution >= 4 is 5.78 Å². The van der Waals surface area contributed by atoms with Gasteiger partial charge in [-0.1, -0.05) is 0 Å². The smallest absolute Gasteiger partial charge is 0.196 e. The van der Waals surface area contributed by atoms with Crippen LogP contribution < -0.4 is 4.74 Å². The van der Waals surface area contributed by atoms with Crippen molar-refractivity contribution < 1.29 is 18.3 Å². The van der Waals surface area contributed by atoms with Crippen LogP contribution in [0.3, 0.4) is 0 Å². The number of halogens is 2. The first-order valence-corrected chi connectivity index (χ1v) is 6.09. The summed E-state index contributed by atoms with van der Waals surface area (Å²) < 4.78 is 32.0. The molecule has 0 aliphatic rings. The van der Waals surface area contributed by atoms with Crippen LogP contribution in [-0.4, -0.2) is 12.9 Å². The number of carbonyl (C=O) groups is 1. The van der Waals surface area contributed by atoms with Crippen LogP contribution in [0.1, 0.15) is 27.0 Å². The van der Waals surface area contributed by atoms with Gasteiger partial charge in [0, 0.05) is 5.56 Å². The number of aryl methyl sites for hydroxylation is 2. The van der Waals surface area contributed by atoms with E-state index in [2.05, 4.69) is 0 Å². The summed E-state index contributed by atoms with van der Waals surface area (Å²) in [5.74, 6) is -1.26. The van der Waals surface area contributed by atoms with E-state index in [1.165, 1.54) is 7.11 Å². The third kappa shape index (κ3) is 2.54. The first kappa shape index (κ1) is 14.2. The molecule has 0 fully saturated rings. The van der Waals surface area contributed by atoms with Gasteiger partial charge in [-0.2, -0.15) is 0 Å². The molecule has 0 atom stereocenters. The maximum absolute atomic E-state index is 13.7. The molecule has 0 saturated carbocycles. The fourth-order valence-corrected chi connectivity index (χ4v) is 2.07. The molecule has 20 heavy (non-hydrogen) atoms. The van der Waals surface area contributed by atoms with Crippen molar-refractivity contribution in [2.45, 2.75) is 13.8 Å². The minimum absolute atomic E-state index is 0.266. The van der Waals surface area contributed by atoms with Gasteiger partial charge < -0.3 is 4.74 Å². The van der Waals surface area contributed by atoms with Gasteiger partial charge in [-0.05, 0) is 55.3 Å². The van der Waals surface area contributed by atoms with Gasteiger partial charge in [0.05, 0.1) is 12.7 Å². The Morgan fingerprint density at radius 1 is 1.00 bits per heavy atom. The third-order valence-electron chi connectivity index (χ3n) is 3.16. The number of hydrogen-bond acceptors (Lipinski definition) is 2. The summed E-state index contributed by atoms with van der Waals surface area (Å²) >= 11 is 0. The predicted octanol–water partition coefficient (Wildman–Crippen LogP) is 3.82. The quantitative estimate of drug-likeness (QED) is 0.797. The molecule has 2 nitrogen and oxygen atoms in total. The molecule has 0 N–H and O–H groups in total. The maximum atomic E-state index is 13.7. The van der Waals surface area contributed by atoms with Crippen LogP contribution in [0.4, 0.5) is 8.78 Å². The van der Waals surface area contributed by atoms with E-state index in [-0.39, 0.29) is 5.56 Å². The zero-order chi connectivity index (χ0) is 14.9. The fourth-order valence-electron chi connectivity index (χ4n) is 2.07. The molecule has 0 aliphatic carbocycles. The Kier molecular flexibility index (Phi) is 3.84. The highest BCUT2D eigenvalue weighted by Crippen LogP contribution is 2.25. The van der Waals surface area contributed by atoms with E-state index in [1.54, 1.807) is 26.0 Å². The average Bonchev–Trinajstić information content (AvgIpc) is 2.42. The summed E-state index contributed by atoms with van der Waals surface area (Å²) in [6, 6.07) is 6.18. The van der Waals surface area contributed by atoms with Crippen molar-refractivity contribution in [1.29, 1.82) is 0 Å². The molecule has 2 aromatic carbocycles. The Bertz CT molecular complexity index is 678. The lowest BCUT2D eigenvalue weighted by molar-refractivity contribution is 0.103. The fraction of sp³-hybridized carbons (Fsp3) is 0.188. The molecule has 104 valence electrons. The highest BCUT2D eigenvalue weighted by molar-refractivity contribution is 6.10. The Morgan fingerprint density at radius 3 is 2.35 bits per heavy atom. The number of methoxy groups -OCH3 is 1. The van der Waals surface area contributed by atoms with Gasteiger partial charge in [-0.15, -0.1) is 0 Å². The monoisotopic (exact) mass is 276 g/mol. The molecule has 0 amide bonds. The number of ether oxygens (including phenoxy) is 1. The average molecular weight is 276 g/mol. The molecule has 2 aromatic rings. The Balaban J connectivity index is 2.54. The molecule has 4 heteroatoms. The Hall–Kier alpha value is -2.23. The van der Waals surface area contributed by atoms with Gasteiger partial charge in [0.25, 0.3) is 0 Å². The van der Waals surface area contributed by atoms with E-state index < -0.39 is 17.4 Å². The first-order valence-electron chi connectivity index (χ1n) is 6.09. The van der Waals surface area contributed by atoms with Crippen molar-refractivity contribution in [2.75, 3.05) is 7.11 Å². The van der Waals surface area contributed by atoms with Crippen LogP contribution in [0.15, 0.2) is 30.3 Å². The van der Waals surface area contributed by atoms with Gasteiger partial charge in [0.1, 0.15) is 17.4 Å². The molecule has 0 aromatic heterocycles. The Morgan fingerprint density at radius 2 is 1.70 bits per heavy atom. The molecule has 0 spiro atoms. The van der Waals surface area contributed by atoms with E-state index in [4.69, 9.17) is 4.74 Å². The number of ketones is 1. The van der Waals surface area contributed by atoms with Gasteiger partial charge in [0.15, 0.2) is 5.78 Å². The maximum Gasteiger partial charge on any atom is 0.196 e. The predicted molar refractivity (Wildman–Crippen MR) is 72.3 cm³/mol. The van der Waals surface area contributed by atoms with Gasteiger partial charge >= 0.3 is 0 Å². The minimum Gasteiger partial charge on any atom is -0.496 e. The summed E-state index contributed by atoms with van der Waals surface area (Å²) in [6.07, 6.45) is 0. The van der Waals surface area contributed by atoms with Crippen molar-refractivity contribution in [3.8, 4) is 5.75 Å². The van der Waals surface area contributed by atoms with Crippen LogP contribution in [0, 0.1) is 25.5 Å². The number of rotatable bonds is 3. The molecule has 0 unspecified atom stereocenters. The molecule has 0 radical (unpaired) electrons. The van der Waals surface area contributed by atoms with Crippen LogP contribution in [0.25, 0.3) is 0 Å². The molecular formula is C16H14F2O2. The molecule has 0 aliphatic heterocycles. The lowest BCUT2D eigenvalue weighted by atomic mass is 9.96. The number of carbonyl (C=O) groups excluding carboxylic acids is 1. The van der Waals surface area contributed by atoms with Crippen LogP contribution in [-0.2, 0) is 0 Å². The molecule has 0 bridgehead atoms. The number of hydrogen-bond donors (Lipinski definition) is 0. The summed E-state index contributed by atoms with van der Waals surface area (Å²) in [5, 5.41) is 0.